The fraction of sp³-hybridized carbons (Fsp3) is 0.800. The summed E-state index contributed by atoms with van der Waals surface area (Å²) in [7, 11) is -4.38. The molecule has 0 heterocycles. The van der Waals surface area contributed by atoms with E-state index in [4.69, 9.17) is 29.9 Å². The summed E-state index contributed by atoms with van der Waals surface area (Å²) < 4.78 is 51.6. The van der Waals surface area contributed by atoms with E-state index in [1.54, 1.807) is 0 Å². The monoisotopic (exact) mass is 381 g/mol. The van der Waals surface area contributed by atoms with Crippen LogP contribution in [0.1, 0.15) is 13.3 Å². The third-order valence-electron chi connectivity index (χ3n) is 2.87. The summed E-state index contributed by atoms with van der Waals surface area (Å²) >= 11 is 0. The number of hydrogen-bond donors (Lipinski definition) is 2. The molecule has 0 aliphatic heterocycles. The number of ether oxygens (including phenoxy) is 4. The Hall–Kier alpha value is -1.22. The van der Waals surface area contributed by atoms with Crippen molar-refractivity contribution in [3.63, 3.8) is 0 Å². The van der Waals surface area contributed by atoms with Crippen LogP contribution in [0.4, 0.5) is 0 Å². The van der Waals surface area contributed by atoms with Gasteiger partial charge in [0.15, 0.2) is 5.25 Å². The standard InChI is InChI=1S/C15H27NO8S/c1-3-6-21-8-10-23-12-13-24-11-9-22-7-5-16-15(17)14(4-2)25(18,19)20/h1,14H,4-13H2,2H3,(H,16,17)(H,18,19,20)/t14-/m1/s1. The number of rotatable bonds is 16. The summed E-state index contributed by atoms with van der Waals surface area (Å²) in [5.41, 5.74) is 0. The molecule has 0 saturated heterocycles. The summed E-state index contributed by atoms with van der Waals surface area (Å²) in [6.07, 6.45) is 5.01. The molecular formula is C15H27NO8S. The third-order valence-corrected chi connectivity index (χ3v) is 4.14. The molecule has 0 rings (SSSR count). The van der Waals surface area contributed by atoms with Crippen LogP contribution in [0.15, 0.2) is 0 Å². The highest BCUT2D eigenvalue weighted by Crippen LogP contribution is 2.03. The molecular weight excluding hydrogens is 354 g/mol. The molecule has 2 N–H and O–H groups in total. The van der Waals surface area contributed by atoms with Crippen LogP contribution in [-0.4, -0.2) is 83.5 Å². The second-order valence-corrected chi connectivity index (χ2v) is 6.40. The Morgan fingerprint density at radius 2 is 1.52 bits per heavy atom. The molecule has 9 nitrogen and oxygen atoms in total. The molecule has 0 bridgehead atoms. The van der Waals surface area contributed by atoms with Crippen LogP contribution in [0.3, 0.4) is 0 Å². The molecule has 0 aliphatic rings. The van der Waals surface area contributed by atoms with Gasteiger partial charge in [0.05, 0.1) is 46.2 Å². The lowest BCUT2D eigenvalue weighted by Gasteiger charge is -2.12. The zero-order valence-electron chi connectivity index (χ0n) is 14.4. The lowest BCUT2D eigenvalue weighted by molar-refractivity contribution is -0.121. The van der Waals surface area contributed by atoms with Crippen molar-refractivity contribution < 1.29 is 36.7 Å². The normalized spacial score (nSPS) is 12.5. The molecule has 0 aromatic carbocycles. The molecule has 0 saturated carbocycles. The average Bonchev–Trinajstić information content (AvgIpc) is 2.54. The quantitative estimate of drug-likeness (QED) is 0.208. The van der Waals surface area contributed by atoms with Crippen LogP contribution in [-0.2, 0) is 33.9 Å². The van der Waals surface area contributed by atoms with Crippen LogP contribution < -0.4 is 5.32 Å². The van der Waals surface area contributed by atoms with E-state index < -0.39 is 21.3 Å². The highest BCUT2D eigenvalue weighted by atomic mass is 32.2. The first-order valence-corrected chi connectivity index (χ1v) is 9.42. The Labute approximate surface area is 149 Å². The fourth-order valence-electron chi connectivity index (χ4n) is 1.68. The molecule has 0 aromatic rings. The molecule has 0 spiro atoms. The first-order chi connectivity index (χ1) is 11.9. The third kappa shape index (κ3) is 13.7. The van der Waals surface area contributed by atoms with Crippen molar-refractivity contribution in [2.75, 3.05) is 59.4 Å². The molecule has 0 radical (unpaired) electrons. The fourth-order valence-corrected chi connectivity index (χ4v) is 2.46. The maximum atomic E-state index is 11.6. The van der Waals surface area contributed by atoms with Gasteiger partial charge in [-0.3, -0.25) is 9.35 Å². The molecule has 0 unspecified atom stereocenters. The van der Waals surface area contributed by atoms with Gasteiger partial charge >= 0.3 is 0 Å². The smallest absolute Gasteiger partial charge is 0.276 e. The van der Waals surface area contributed by atoms with E-state index in [0.717, 1.165) is 0 Å². The van der Waals surface area contributed by atoms with Gasteiger partial charge in [-0.1, -0.05) is 12.8 Å². The Morgan fingerprint density at radius 1 is 1.04 bits per heavy atom. The second-order valence-electron chi connectivity index (χ2n) is 4.80. The van der Waals surface area contributed by atoms with Crippen LogP contribution in [0, 0.1) is 12.3 Å². The summed E-state index contributed by atoms with van der Waals surface area (Å²) in [4.78, 5) is 11.6. The van der Waals surface area contributed by atoms with Gasteiger partial charge in [0.25, 0.3) is 10.1 Å². The predicted molar refractivity (Wildman–Crippen MR) is 90.7 cm³/mol. The van der Waals surface area contributed by atoms with E-state index in [0.29, 0.717) is 39.6 Å². The lowest BCUT2D eigenvalue weighted by atomic mass is 10.3. The number of carbonyl (C=O) groups is 1. The first kappa shape index (κ1) is 23.8. The van der Waals surface area contributed by atoms with Crippen molar-refractivity contribution in [2.45, 2.75) is 18.6 Å². The molecule has 0 fully saturated rings. The number of terminal acetylenes is 1. The topological polar surface area (TPSA) is 120 Å². The lowest BCUT2D eigenvalue weighted by Crippen LogP contribution is -2.40. The van der Waals surface area contributed by atoms with Crippen molar-refractivity contribution in [1.29, 1.82) is 0 Å². The van der Waals surface area contributed by atoms with Gasteiger partial charge in [0.1, 0.15) is 6.61 Å². The zero-order chi connectivity index (χ0) is 19.0. The minimum absolute atomic E-state index is 0.00251. The van der Waals surface area contributed by atoms with Gasteiger partial charge in [0.2, 0.25) is 5.91 Å². The summed E-state index contributed by atoms with van der Waals surface area (Å²) in [5.74, 6) is 1.61. The maximum absolute atomic E-state index is 11.6. The van der Waals surface area contributed by atoms with Gasteiger partial charge in [-0.05, 0) is 6.42 Å². The predicted octanol–water partition coefficient (Wildman–Crippen LogP) is -0.531. The molecule has 1 atom stereocenters. The molecule has 1 amide bonds. The maximum Gasteiger partial charge on any atom is 0.276 e. The zero-order valence-corrected chi connectivity index (χ0v) is 15.3. The molecule has 25 heavy (non-hydrogen) atoms. The van der Waals surface area contributed by atoms with E-state index >= 15 is 0 Å². The number of hydrogen-bond acceptors (Lipinski definition) is 7. The van der Waals surface area contributed by atoms with Gasteiger partial charge < -0.3 is 24.3 Å². The van der Waals surface area contributed by atoms with Crippen LogP contribution in [0.2, 0.25) is 0 Å². The van der Waals surface area contributed by atoms with Crippen LogP contribution >= 0.6 is 0 Å². The van der Waals surface area contributed by atoms with Crippen molar-refractivity contribution >= 4 is 16.0 Å². The molecule has 10 heteroatoms. The molecule has 0 aromatic heterocycles. The van der Waals surface area contributed by atoms with E-state index in [1.807, 2.05) is 0 Å². The van der Waals surface area contributed by atoms with Gasteiger partial charge in [-0.15, -0.1) is 6.42 Å². The first-order valence-electron chi connectivity index (χ1n) is 7.91. The Bertz CT molecular complexity index is 488. The molecule has 0 aliphatic carbocycles. The Morgan fingerprint density at radius 3 is 1.96 bits per heavy atom. The minimum Gasteiger partial charge on any atom is -0.377 e. The summed E-state index contributed by atoms with van der Waals surface area (Å²) in [6.45, 7) is 4.56. The Kier molecular flexibility index (Phi) is 14.3. The largest absolute Gasteiger partial charge is 0.377 e. The number of carbonyl (C=O) groups excluding carboxylic acids is 1. The highest BCUT2D eigenvalue weighted by molar-refractivity contribution is 7.87. The summed E-state index contributed by atoms with van der Waals surface area (Å²) in [5, 5.41) is 0.941. The van der Waals surface area contributed by atoms with E-state index in [2.05, 4.69) is 11.2 Å². The van der Waals surface area contributed by atoms with Crippen LogP contribution in [0.25, 0.3) is 0 Å². The van der Waals surface area contributed by atoms with E-state index in [9.17, 15) is 13.2 Å². The second kappa shape index (κ2) is 15.1. The highest BCUT2D eigenvalue weighted by Gasteiger charge is 2.28. The van der Waals surface area contributed by atoms with Crippen molar-refractivity contribution in [1.82, 2.24) is 5.32 Å². The van der Waals surface area contributed by atoms with Crippen molar-refractivity contribution in [2.24, 2.45) is 0 Å². The van der Waals surface area contributed by atoms with E-state index in [-0.39, 0.29) is 26.2 Å². The summed E-state index contributed by atoms with van der Waals surface area (Å²) in [6, 6.07) is 0. The van der Waals surface area contributed by atoms with Gasteiger partial charge in [-0.2, -0.15) is 8.42 Å². The Balaban J connectivity index is 3.42. The minimum atomic E-state index is -4.38. The SMILES string of the molecule is C#CCOCCOCCOCCOCCNC(=O)[C@@H](CC)S(=O)(=O)O. The van der Waals surface area contributed by atoms with Crippen molar-refractivity contribution in [3.8, 4) is 12.3 Å². The number of amides is 1. The number of nitrogens with one attached hydrogen (secondary N) is 1. The average molecular weight is 381 g/mol. The van der Waals surface area contributed by atoms with Gasteiger partial charge in [-0.25, -0.2) is 0 Å². The van der Waals surface area contributed by atoms with Crippen LogP contribution in [0.5, 0.6) is 0 Å². The van der Waals surface area contributed by atoms with Gasteiger partial charge in [0, 0.05) is 6.54 Å². The molecule has 146 valence electrons. The van der Waals surface area contributed by atoms with E-state index in [1.165, 1.54) is 6.92 Å². The van der Waals surface area contributed by atoms with Crippen molar-refractivity contribution in [3.05, 3.63) is 0 Å².